The van der Waals surface area contributed by atoms with Crippen molar-refractivity contribution >= 4 is 17.9 Å². The maximum Gasteiger partial charge on any atom is 0.336 e. The first-order chi connectivity index (χ1) is 17.9. The van der Waals surface area contributed by atoms with Gasteiger partial charge in [-0.3, -0.25) is 14.5 Å². The predicted octanol–water partition coefficient (Wildman–Crippen LogP) is 2.67. The maximum absolute atomic E-state index is 14.1. The van der Waals surface area contributed by atoms with Crippen molar-refractivity contribution in [2.75, 3.05) is 13.2 Å². The van der Waals surface area contributed by atoms with Crippen LogP contribution in [0.1, 0.15) is 62.4 Å². The number of hydrogen-bond donors (Lipinski definition) is 4. The largest absolute Gasteiger partial charge is 0.481 e. The number of ether oxygens (including phenoxy) is 1. The molecule has 0 spiro atoms. The van der Waals surface area contributed by atoms with Gasteiger partial charge in [-0.05, 0) is 18.9 Å². The molecule has 1 unspecified atom stereocenters. The molecule has 11 nitrogen and oxygen atoms in total. The fourth-order valence-electron chi connectivity index (χ4n) is 3.85. The third-order valence-corrected chi connectivity index (χ3v) is 5.77. The number of rotatable bonds is 12. The highest BCUT2D eigenvalue weighted by Crippen LogP contribution is 2.19. The van der Waals surface area contributed by atoms with E-state index in [9.17, 15) is 18.8 Å². The van der Waals surface area contributed by atoms with Gasteiger partial charge in [0.05, 0.1) is 18.9 Å². The Labute approximate surface area is 219 Å². The highest BCUT2D eigenvalue weighted by molar-refractivity contribution is 5.88. The van der Waals surface area contributed by atoms with E-state index < -0.39 is 36.4 Å². The highest BCUT2D eigenvalue weighted by atomic mass is 19.1. The number of aliphatic hydroxyl groups is 1. The Hall–Kier alpha value is -3.48. The van der Waals surface area contributed by atoms with Gasteiger partial charge in [0, 0.05) is 55.7 Å². The van der Waals surface area contributed by atoms with E-state index in [1.165, 1.54) is 6.07 Å². The van der Waals surface area contributed by atoms with Crippen LogP contribution >= 0.6 is 0 Å². The Morgan fingerprint density at radius 3 is 2.16 bits per heavy atom. The molecule has 1 aromatic heterocycles. The molecular weight excluding hydrogens is 501 g/mol. The summed E-state index contributed by atoms with van der Waals surface area (Å²) in [5, 5.41) is 33.8. The number of nitrogens with zero attached hydrogens (tertiary/aromatic N) is 3. The second-order valence-corrected chi connectivity index (χ2v) is 9.48. The van der Waals surface area contributed by atoms with Gasteiger partial charge in [-0.2, -0.15) is 0 Å². The van der Waals surface area contributed by atoms with E-state index in [4.69, 9.17) is 25.2 Å². The second-order valence-electron chi connectivity index (χ2n) is 9.48. The van der Waals surface area contributed by atoms with Crippen molar-refractivity contribution < 1.29 is 43.9 Å². The van der Waals surface area contributed by atoms with Crippen LogP contribution in [-0.4, -0.2) is 78.1 Å². The highest BCUT2D eigenvalue weighted by Gasteiger charge is 2.40. The monoisotopic (exact) mass is 535 g/mol. The third kappa shape index (κ3) is 10.1. The molecule has 1 aliphatic rings. The average molecular weight is 536 g/mol. The van der Waals surface area contributed by atoms with E-state index in [0.29, 0.717) is 24.6 Å². The van der Waals surface area contributed by atoms with Gasteiger partial charge in [-0.1, -0.05) is 32.0 Å². The molecule has 1 saturated heterocycles. The number of carboxylic acids is 3. The fraction of sp³-hybridized carbons (Fsp3) is 0.500. The fourth-order valence-corrected chi connectivity index (χ4v) is 3.85. The van der Waals surface area contributed by atoms with E-state index in [0.717, 1.165) is 37.4 Å². The molecule has 0 saturated carbocycles. The van der Waals surface area contributed by atoms with Gasteiger partial charge in [0.15, 0.2) is 5.60 Å². The molecule has 3 rings (SSSR count). The topological polar surface area (TPSA) is 170 Å². The zero-order valence-electron chi connectivity index (χ0n) is 21.4. The smallest absolute Gasteiger partial charge is 0.336 e. The number of halogens is 1. The molecule has 0 amide bonds. The molecule has 2 heterocycles. The van der Waals surface area contributed by atoms with Crippen molar-refractivity contribution in [3.8, 4) is 0 Å². The van der Waals surface area contributed by atoms with Gasteiger partial charge in [-0.15, -0.1) is 0 Å². The molecule has 2 aromatic rings. The van der Waals surface area contributed by atoms with Crippen LogP contribution in [0, 0.1) is 5.82 Å². The molecule has 1 atom stereocenters. The van der Waals surface area contributed by atoms with Gasteiger partial charge in [-0.25, -0.2) is 19.2 Å². The van der Waals surface area contributed by atoms with Crippen LogP contribution in [-0.2, 0) is 32.2 Å². The van der Waals surface area contributed by atoms with Gasteiger partial charge in [0.1, 0.15) is 11.6 Å². The minimum absolute atomic E-state index is 0.161. The molecule has 0 aliphatic carbocycles. The molecule has 12 heteroatoms. The Balaban J connectivity index is 0.000000332. The van der Waals surface area contributed by atoms with Crippen molar-refractivity contribution in [2.45, 2.75) is 70.2 Å². The summed E-state index contributed by atoms with van der Waals surface area (Å²) in [7, 11) is 0. The molecule has 38 heavy (non-hydrogen) atoms. The normalized spacial score (nSPS) is 15.3. The molecule has 1 fully saturated rings. The zero-order valence-corrected chi connectivity index (χ0v) is 21.4. The number of aliphatic carboxylic acids is 3. The predicted molar refractivity (Wildman–Crippen MR) is 133 cm³/mol. The average Bonchev–Trinajstić information content (AvgIpc) is 3.33. The quantitative estimate of drug-likeness (QED) is 0.315. The Morgan fingerprint density at radius 1 is 1.08 bits per heavy atom. The number of carboxylic acid groups (broad SMARTS) is 3. The number of hydrogen-bond acceptors (Lipinski definition) is 8. The van der Waals surface area contributed by atoms with Gasteiger partial charge >= 0.3 is 17.9 Å². The molecule has 208 valence electrons. The molecule has 0 radical (unpaired) electrons. The van der Waals surface area contributed by atoms with Crippen LogP contribution in [0.25, 0.3) is 0 Å². The molecule has 1 aliphatic heterocycles. The lowest BCUT2D eigenvalue weighted by molar-refractivity contribution is -0.170. The van der Waals surface area contributed by atoms with Gasteiger partial charge in [0.2, 0.25) is 0 Å². The van der Waals surface area contributed by atoms with Gasteiger partial charge < -0.3 is 25.2 Å². The van der Waals surface area contributed by atoms with Crippen molar-refractivity contribution in [1.82, 2.24) is 14.9 Å². The Morgan fingerprint density at radius 2 is 1.68 bits per heavy atom. The van der Waals surface area contributed by atoms with Crippen LogP contribution in [0.3, 0.4) is 0 Å². The van der Waals surface area contributed by atoms with E-state index in [1.54, 1.807) is 6.07 Å². The van der Waals surface area contributed by atoms with E-state index in [1.807, 2.05) is 24.5 Å². The van der Waals surface area contributed by atoms with Crippen molar-refractivity contribution in [3.05, 3.63) is 59.4 Å². The number of carbonyl (C=O) groups is 3. The standard InChI is InChI=1S/C20H26FN3O.C6H8O7/c1-15(2)20-22-10-16(11-23-20)12-24(14-18-7-5-9-25-18)13-17-6-3-4-8-19(17)21;7-3(8)1-6(13,5(11)12)2-4(9)10/h3-4,6,8,10-11,15,18H,5,7,9,12-14H2,1-2H3;13H,1-2H2,(H,7,8)(H,9,10)(H,11,12). The summed E-state index contributed by atoms with van der Waals surface area (Å²) in [6.45, 7) is 7.02. The van der Waals surface area contributed by atoms with Crippen LogP contribution in [0.5, 0.6) is 0 Å². The van der Waals surface area contributed by atoms with Crippen molar-refractivity contribution in [2.24, 2.45) is 0 Å². The van der Waals surface area contributed by atoms with Crippen LogP contribution in [0.4, 0.5) is 4.39 Å². The summed E-state index contributed by atoms with van der Waals surface area (Å²) < 4.78 is 19.8. The molecule has 4 N–H and O–H groups in total. The first-order valence-electron chi connectivity index (χ1n) is 12.2. The minimum Gasteiger partial charge on any atom is -0.481 e. The summed E-state index contributed by atoms with van der Waals surface area (Å²) in [5.41, 5.74) is -0.989. The van der Waals surface area contributed by atoms with E-state index >= 15 is 0 Å². The molecule has 0 bridgehead atoms. The number of benzene rings is 1. The summed E-state index contributed by atoms with van der Waals surface area (Å²) in [4.78, 5) is 41.6. The first-order valence-corrected chi connectivity index (χ1v) is 12.2. The van der Waals surface area contributed by atoms with E-state index in [2.05, 4.69) is 28.7 Å². The second kappa shape index (κ2) is 14.5. The third-order valence-electron chi connectivity index (χ3n) is 5.77. The van der Waals surface area contributed by atoms with Crippen molar-refractivity contribution in [1.29, 1.82) is 0 Å². The van der Waals surface area contributed by atoms with Crippen LogP contribution < -0.4 is 0 Å². The van der Waals surface area contributed by atoms with Crippen LogP contribution in [0.15, 0.2) is 36.7 Å². The Kier molecular flexibility index (Phi) is 11.7. The minimum atomic E-state index is -2.74. The zero-order chi connectivity index (χ0) is 28.3. The maximum atomic E-state index is 14.1. The van der Waals surface area contributed by atoms with E-state index in [-0.39, 0.29) is 11.9 Å². The lowest BCUT2D eigenvalue weighted by atomic mass is 9.96. The summed E-state index contributed by atoms with van der Waals surface area (Å²) in [6, 6.07) is 6.96. The Bertz CT molecular complexity index is 1060. The first kappa shape index (κ1) is 30.7. The summed E-state index contributed by atoms with van der Waals surface area (Å²) in [5.74, 6) is -4.01. The lowest BCUT2D eigenvalue weighted by Gasteiger charge is -2.25. The van der Waals surface area contributed by atoms with Crippen LogP contribution in [0.2, 0.25) is 0 Å². The number of aromatic nitrogens is 2. The lowest BCUT2D eigenvalue weighted by Crippen LogP contribution is -2.42. The van der Waals surface area contributed by atoms with Crippen molar-refractivity contribution in [3.63, 3.8) is 0 Å². The van der Waals surface area contributed by atoms with Gasteiger partial charge in [0.25, 0.3) is 0 Å². The summed E-state index contributed by atoms with van der Waals surface area (Å²) in [6.07, 6.45) is 3.87. The SMILES string of the molecule is CC(C)c1ncc(CN(Cc2ccccc2F)CC2CCCO2)cn1.O=C(O)CC(O)(CC(=O)O)C(=O)O. The summed E-state index contributed by atoms with van der Waals surface area (Å²) >= 11 is 0. The molecular formula is C26H34FN3O8. The molecule has 1 aromatic carbocycles.